The molecule has 2 bridgehead atoms. The lowest BCUT2D eigenvalue weighted by molar-refractivity contribution is 0.0342. The van der Waals surface area contributed by atoms with Gasteiger partial charge in [0.15, 0.2) is 11.6 Å². The molecule has 0 spiro atoms. The highest BCUT2D eigenvalue weighted by Gasteiger charge is 2.50. The summed E-state index contributed by atoms with van der Waals surface area (Å²) in [6.45, 7) is 0. The van der Waals surface area contributed by atoms with E-state index in [0.717, 1.165) is 12.8 Å². The molecule has 0 amide bonds. The smallest absolute Gasteiger partial charge is 0.193 e. The van der Waals surface area contributed by atoms with Crippen molar-refractivity contribution in [1.82, 2.24) is 0 Å². The fourth-order valence-corrected chi connectivity index (χ4v) is 3.71. The Morgan fingerprint density at radius 1 is 1.15 bits per heavy atom. The van der Waals surface area contributed by atoms with Crippen molar-refractivity contribution in [3.05, 3.63) is 58.7 Å². The van der Waals surface area contributed by atoms with Crippen molar-refractivity contribution in [3.63, 3.8) is 0 Å². The van der Waals surface area contributed by atoms with Crippen LogP contribution in [0.2, 0.25) is 0 Å². The molecule has 20 heavy (non-hydrogen) atoms. The second-order valence-electron chi connectivity index (χ2n) is 5.59. The molecule has 1 aromatic carbocycles. The first kappa shape index (κ1) is 11.8. The second-order valence-corrected chi connectivity index (χ2v) is 5.59. The molecule has 0 aromatic heterocycles. The summed E-state index contributed by atoms with van der Waals surface area (Å²) in [5.74, 6) is 0.00334. The van der Waals surface area contributed by atoms with E-state index in [1.54, 1.807) is 31.4 Å². The van der Waals surface area contributed by atoms with Gasteiger partial charge in [0.1, 0.15) is 5.60 Å². The van der Waals surface area contributed by atoms with E-state index in [-0.39, 0.29) is 17.5 Å². The SMILES string of the molecule is CO[C@]12C=C[C@H](CC1)C1=C2C(=O)c2ccccc2C1=O. The van der Waals surface area contributed by atoms with E-state index >= 15 is 0 Å². The first-order valence-electron chi connectivity index (χ1n) is 6.85. The van der Waals surface area contributed by atoms with Crippen LogP contribution in [0.15, 0.2) is 47.6 Å². The first-order chi connectivity index (χ1) is 9.68. The van der Waals surface area contributed by atoms with Gasteiger partial charge in [0.2, 0.25) is 0 Å². The predicted molar refractivity (Wildman–Crippen MR) is 73.7 cm³/mol. The van der Waals surface area contributed by atoms with Crippen LogP contribution in [0.4, 0.5) is 0 Å². The minimum absolute atomic E-state index is 0.00863. The Bertz CT molecular complexity index is 711. The molecule has 0 fully saturated rings. The van der Waals surface area contributed by atoms with E-state index in [2.05, 4.69) is 0 Å². The van der Waals surface area contributed by atoms with Gasteiger partial charge in [-0.1, -0.05) is 36.4 Å². The van der Waals surface area contributed by atoms with Gasteiger partial charge < -0.3 is 4.74 Å². The number of fused-ring (bicyclic) bond motifs is 2. The van der Waals surface area contributed by atoms with Gasteiger partial charge in [-0.15, -0.1) is 0 Å². The number of carbonyl (C=O) groups is 2. The zero-order valence-electron chi connectivity index (χ0n) is 11.2. The molecular formula is C17H14O3. The van der Waals surface area contributed by atoms with Gasteiger partial charge in [-0.25, -0.2) is 0 Å². The zero-order valence-corrected chi connectivity index (χ0v) is 11.2. The maximum atomic E-state index is 12.8. The van der Waals surface area contributed by atoms with Crippen LogP contribution >= 0.6 is 0 Å². The average molecular weight is 266 g/mol. The van der Waals surface area contributed by atoms with E-state index < -0.39 is 5.60 Å². The molecule has 0 aliphatic heterocycles. The lowest BCUT2D eigenvalue weighted by Gasteiger charge is -2.44. The lowest BCUT2D eigenvalue weighted by atomic mass is 9.62. The highest BCUT2D eigenvalue weighted by Crippen LogP contribution is 2.49. The van der Waals surface area contributed by atoms with E-state index in [4.69, 9.17) is 4.74 Å². The molecule has 4 aliphatic carbocycles. The fourth-order valence-electron chi connectivity index (χ4n) is 3.71. The fraction of sp³-hybridized carbons (Fsp3) is 0.294. The van der Waals surface area contributed by atoms with Crippen molar-refractivity contribution in [1.29, 1.82) is 0 Å². The Morgan fingerprint density at radius 2 is 1.85 bits per heavy atom. The molecule has 2 atom stereocenters. The third-order valence-corrected chi connectivity index (χ3v) is 4.74. The molecule has 3 nitrogen and oxygen atoms in total. The van der Waals surface area contributed by atoms with Crippen LogP contribution in [0.3, 0.4) is 0 Å². The maximum absolute atomic E-state index is 12.8. The summed E-state index contributed by atoms with van der Waals surface area (Å²) in [4.78, 5) is 25.6. The van der Waals surface area contributed by atoms with Crippen LogP contribution in [-0.4, -0.2) is 24.3 Å². The Hall–Kier alpha value is -2.00. The molecule has 0 unspecified atom stereocenters. The first-order valence-corrected chi connectivity index (χ1v) is 6.85. The summed E-state index contributed by atoms with van der Waals surface area (Å²) in [5.41, 5.74) is 1.56. The van der Waals surface area contributed by atoms with Gasteiger partial charge in [-0.2, -0.15) is 0 Å². The predicted octanol–water partition coefficient (Wildman–Crippen LogP) is 2.73. The normalized spacial score (nSPS) is 30.6. The minimum Gasteiger partial charge on any atom is -0.369 e. The van der Waals surface area contributed by atoms with Gasteiger partial charge in [0, 0.05) is 35.3 Å². The van der Waals surface area contributed by atoms with Crippen LogP contribution in [0, 0.1) is 5.92 Å². The summed E-state index contributed by atoms with van der Waals surface area (Å²) in [5, 5.41) is 0. The number of hydrogen-bond acceptors (Lipinski definition) is 3. The molecule has 0 radical (unpaired) electrons. The average Bonchev–Trinajstić information content (AvgIpc) is 2.53. The zero-order chi connectivity index (χ0) is 13.9. The molecule has 5 rings (SSSR count). The molecule has 1 aromatic rings. The topological polar surface area (TPSA) is 43.4 Å². The molecule has 0 N–H and O–H groups in total. The Kier molecular flexibility index (Phi) is 2.22. The Balaban J connectivity index is 2.01. The molecule has 3 heteroatoms. The monoisotopic (exact) mass is 266 g/mol. The Morgan fingerprint density at radius 3 is 2.45 bits per heavy atom. The van der Waals surface area contributed by atoms with Crippen molar-refractivity contribution in [2.45, 2.75) is 18.4 Å². The molecule has 4 aliphatic rings. The molecule has 0 saturated heterocycles. The standard InChI is InChI=1S/C17H14O3/c1-20-17-8-6-10(7-9-17)13-14(17)16(19)12-5-3-2-4-11(12)15(13)18/h2-6,8,10H,7,9H2,1H3/t10-,17-/m1/s1. The summed E-state index contributed by atoms with van der Waals surface area (Å²) in [7, 11) is 1.61. The minimum atomic E-state index is -0.704. The number of hydrogen-bond donors (Lipinski definition) is 0. The summed E-state index contributed by atoms with van der Waals surface area (Å²) >= 11 is 0. The number of rotatable bonds is 1. The van der Waals surface area contributed by atoms with E-state index in [0.29, 0.717) is 22.3 Å². The highest BCUT2D eigenvalue weighted by molar-refractivity contribution is 6.28. The van der Waals surface area contributed by atoms with Crippen molar-refractivity contribution in [2.24, 2.45) is 5.92 Å². The summed E-state index contributed by atoms with van der Waals surface area (Å²) in [6.07, 6.45) is 5.61. The van der Waals surface area contributed by atoms with Crippen molar-refractivity contribution >= 4 is 11.6 Å². The second kappa shape index (κ2) is 3.76. The number of ether oxygens (including phenoxy) is 1. The number of carbonyl (C=O) groups excluding carboxylic acids is 2. The third kappa shape index (κ3) is 1.23. The van der Waals surface area contributed by atoms with Crippen molar-refractivity contribution in [3.8, 4) is 0 Å². The molecular weight excluding hydrogens is 252 g/mol. The largest absolute Gasteiger partial charge is 0.369 e. The Labute approximate surface area is 116 Å². The highest BCUT2D eigenvalue weighted by atomic mass is 16.5. The van der Waals surface area contributed by atoms with Gasteiger partial charge in [-0.3, -0.25) is 9.59 Å². The molecule has 100 valence electrons. The number of allylic oxidation sites excluding steroid dienone is 2. The van der Waals surface area contributed by atoms with Crippen molar-refractivity contribution < 1.29 is 14.3 Å². The van der Waals surface area contributed by atoms with Crippen LogP contribution in [0.5, 0.6) is 0 Å². The maximum Gasteiger partial charge on any atom is 0.193 e. The van der Waals surface area contributed by atoms with Gasteiger partial charge >= 0.3 is 0 Å². The summed E-state index contributed by atoms with van der Waals surface area (Å²) < 4.78 is 5.65. The van der Waals surface area contributed by atoms with Crippen LogP contribution in [0.25, 0.3) is 0 Å². The lowest BCUT2D eigenvalue weighted by Crippen LogP contribution is -2.47. The van der Waals surface area contributed by atoms with E-state index in [1.165, 1.54) is 0 Å². The van der Waals surface area contributed by atoms with Crippen LogP contribution in [-0.2, 0) is 4.74 Å². The van der Waals surface area contributed by atoms with Gasteiger partial charge in [-0.05, 0) is 12.8 Å². The van der Waals surface area contributed by atoms with E-state index in [1.807, 2.05) is 12.2 Å². The quantitative estimate of drug-likeness (QED) is 0.734. The third-order valence-electron chi connectivity index (χ3n) is 4.74. The number of methoxy groups -OCH3 is 1. The molecule has 0 saturated carbocycles. The van der Waals surface area contributed by atoms with Gasteiger partial charge in [0.25, 0.3) is 0 Å². The number of benzene rings is 1. The van der Waals surface area contributed by atoms with Crippen molar-refractivity contribution in [2.75, 3.05) is 7.11 Å². The number of ketones is 2. The van der Waals surface area contributed by atoms with Crippen LogP contribution < -0.4 is 0 Å². The van der Waals surface area contributed by atoms with Crippen LogP contribution in [0.1, 0.15) is 33.6 Å². The molecule has 0 heterocycles. The number of Topliss-reactive ketones (excluding diaryl/α,β-unsaturated/α-hetero) is 2. The summed E-state index contributed by atoms with van der Waals surface area (Å²) in [6, 6.07) is 7.07. The van der Waals surface area contributed by atoms with E-state index in [9.17, 15) is 9.59 Å². The van der Waals surface area contributed by atoms with Gasteiger partial charge in [0.05, 0.1) is 0 Å².